The number of likely N-dealkylation sites (tertiary alicyclic amines) is 1. The minimum Gasteiger partial charge on any atom is -0.315 e. The van der Waals surface area contributed by atoms with Crippen molar-refractivity contribution in [2.24, 2.45) is 0 Å². The first-order valence-electron chi connectivity index (χ1n) is 6.33. The van der Waals surface area contributed by atoms with Gasteiger partial charge >= 0.3 is 0 Å². The lowest BCUT2D eigenvalue weighted by molar-refractivity contribution is 0.153. The van der Waals surface area contributed by atoms with Gasteiger partial charge in [0.05, 0.1) is 0 Å². The largest absolute Gasteiger partial charge is 0.315 e. The van der Waals surface area contributed by atoms with Gasteiger partial charge in [-0.05, 0) is 38.9 Å². The number of rotatable bonds is 6. The summed E-state index contributed by atoms with van der Waals surface area (Å²) in [5.74, 6) is 0. The van der Waals surface area contributed by atoms with E-state index in [2.05, 4.69) is 24.1 Å². The Morgan fingerprint density at radius 3 is 2.86 bits per heavy atom. The van der Waals surface area contributed by atoms with Crippen molar-refractivity contribution in [1.29, 1.82) is 0 Å². The maximum atomic E-state index is 3.58. The molecule has 1 aliphatic heterocycles. The molecule has 0 radical (unpaired) electrons. The quantitative estimate of drug-likeness (QED) is 0.659. The molecule has 1 saturated heterocycles. The van der Waals surface area contributed by atoms with Crippen molar-refractivity contribution in [2.45, 2.75) is 52.0 Å². The summed E-state index contributed by atoms with van der Waals surface area (Å²) in [6.07, 6.45) is 6.84. The lowest BCUT2D eigenvalue weighted by Gasteiger charge is -2.35. The van der Waals surface area contributed by atoms with Gasteiger partial charge in [0.25, 0.3) is 0 Å². The smallest absolute Gasteiger partial charge is 0.0220 e. The van der Waals surface area contributed by atoms with E-state index in [1.54, 1.807) is 0 Å². The van der Waals surface area contributed by atoms with Crippen LogP contribution in [0.5, 0.6) is 0 Å². The lowest BCUT2D eigenvalue weighted by atomic mass is 10.0. The zero-order valence-electron chi connectivity index (χ0n) is 9.89. The van der Waals surface area contributed by atoms with E-state index in [0.717, 1.165) is 6.04 Å². The second-order valence-electron chi connectivity index (χ2n) is 4.34. The second kappa shape index (κ2) is 7.24. The molecule has 1 aliphatic rings. The molecule has 0 aromatic heterocycles. The molecule has 0 unspecified atom stereocenters. The Labute approximate surface area is 89.1 Å². The van der Waals surface area contributed by atoms with Crippen LogP contribution >= 0.6 is 0 Å². The van der Waals surface area contributed by atoms with Gasteiger partial charge < -0.3 is 5.32 Å². The van der Waals surface area contributed by atoms with Gasteiger partial charge in [0.1, 0.15) is 0 Å². The van der Waals surface area contributed by atoms with Crippen LogP contribution < -0.4 is 5.32 Å². The molecule has 1 rings (SSSR count). The summed E-state index contributed by atoms with van der Waals surface area (Å²) in [7, 11) is 0. The van der Waals surface area contributed by atoms with Crippen molar-refractivity contribution in [3.63, 3.8) is 0 Å². The van der Waals surface area contributed by atoms with Gasteiger partial charge in [0.2, 0.25) is 0 Å². The van der Waals surface area contributed by atoms with E-state index in [0.29, 0.717) is 0 Å². The van der Waals surface area contributed by atoms with Crippen LogP contribution in [0.2, 0.25) is 0 Å². The molecule has 0 amide bonds. The van der Waals surface area contributed by atoms with Gasteiger partial charge in [-0.25, -0.2) is 0 Å². The molecule has 2 heteroatoms. The minimum absolute atomic E-state index is 0.811. The van der Waals surface area contributed by atoms with Gasteiger partial charge in [-0.15, -0.1) is 0 Å². The van der Waals surface area contributed by atoms with Crippen LogP contribution in [-0.2, 0) is 0 Å². The van der Waals surface area contributed by atoms with E-state index in [4.69, 9.17) is 0 Å². The summed E-state index contributed by atoms with van der Waals surface area (Å²) in [6, 6.07) is 0.811. The third kappa shape index (κ3) is 3.97. The maximum absolute atomic E-state index is 3.58. The number of piperidine rings is 1. The predicted molar refractivity (Wildman–Crippen MR) is 62.7 cm³/mol. The average molecular weight is 198 g/mol. The van der Waals surface area contributed by atoms with Crippen molar-refractivity contribution in [3.05, 3.63) is 0 Å². The normalized spacial score (nSPS) is 24.0. The third-order valence-electron chi connectivity index (χ3n) is 3.24. The van der Waals surface area contributed by atoms with Crippen LogP contribution in [0.1, 0.15) is 46.0 Å². The Morgan fingerprint density at radius 2 is 2.14 bits per heavy atom. The van der Waals surface area contributed by atoms with Crippen LogP contribution in [0.4, 0.5) is 0 Å². The van der Waals surface area contributed by atoms with E-state index < -0.39 is 0 Å². The monoisotopic (exact) mass is 198 g/mol. The van der Waals surface area contributed by atoms with Crippen molar-refractivity contribution in [2.75, 3.05) is 26.2 Å². The molecule has 0 aliphatic carbocycles. The van der Waals surface area contributed by atoms with E-state index in [9.17, 15) is 0 Å². The third-order valence-corrected chi connectivity index (χ3v) is 3.24. The standard InChI is InChI=1S/C12H26N2/c1-3-5-9-13-11-12-8-6-7-10-14(12)4-2/h12-13H,3-11H2,1-2H3/t12-/m1/s1. The zero-order chi connectivity index (χ0) is 10.2. The van der Waals surface area contributed by atoms with E-state index in [1.165, 1.54) is 58.3 Å². The number of nitrogens with one attached hydrogen (secondary N) is 1. The summed E-state index contributed by atoms with van der Waals surface area (Å²) >= 11 is 0. The van der Waals surface area contributed by atoms with Gasteiger partial charge in [-0.2, -0.15) is 0 Å². The number of unbranched alkanes of at least 4 members (excludes halogenated alkanes) is 1. The fraction of sp³-hybridized carbons (Fsp3) is 1.00. The SMILES string of the molecule is CCCCNC[C@H]1CCCCN1CC. The first-order valence-corrected chi connectivity index (χ1v) is 6.33. The van der Waals surface area contributed by atoms with Crippen LogP contribution in [0, 0.1) is 0 Å². The molecule has 1 fully saturated rings. The summed E-state index contributed by atoms with van der Waals surface area (Å²) in [5.41, 5.74) is 0. The van der Waals surface area contributed by atoms with Crippen molar-refractivity contribution >= 4 is 0 Å². The Hall–Kier alpha value is -0.0800. The van der Waals surface area contributed by atoms with Crippen LogP contribution in [-0.4, -0.2) is 37.1 Å². The molecular formula is C12H26N2. The first kappa shape index (κ1) is 12.0. The molecule has 1 N–H and O–H groups in total. The number of hydrogen-bond donors (Lipinski definition) is 1. The Morgan fingerprint density at radius 1 is 1.29 bits per heavy atom. The van der Waals surface area contributed by atoms with Crippen LogP contribution in [0.25, 0.3) is 0 Å². The summed E-state index contributed by atoms with van der Waals surface area (Å²) in [6.45, 7) is 9.47. The molecule has 0 aromatic carbocycles. The summed E-state index contributed by atoms with van der Waals surface area (Å²) in [4.78, 5) is 2.63. The minimum atomic E-state index is 0.811. The molecule has 14 heavy (non-hydrogen) atoms. The Kier molecular flexibility index (Phi) is 6.20. The molecule has 0 aromatic rings. The molecule has 0 bridgehead atoms. The Bertz CT molecular complexity index is 136. The van der Waals surface area contributed by atoms with Crippen molar-refractivity contribution < 1.29 is 0 Å². The van der Waals surface area contributed by atoms with Crippen molar-refractivity contribution in [1.82, 2.24) is 10.2 Å². The molecule has 2 nitrogen and oxygen atoms in total. The second-order valence-corrected chi connectivity index (χ2v) is 4.34. The maximum Gasteiger partial charge on any atom is 0.0220 e. The average Bonchev–Trinajstić information content (AvgIpc) is 2.25. The highest BCUT2D eigenvalue weighted by molar-refractivity contribution is 4.77. The Balaban J connectivity index is 2.13. The van der Waals surface area contributed by atoms with Crippen LogP contribution in [0.15, 0.2) is 0 Å². The highest BCUT2D eigenvalue weighted by Gasteiger charge is 2.19. The highest BCUT2D eigenvalue weighted by Crippen LogP contribution is 2.15. The topological polar surface area (TPSA) is 15.3 Å². The first-order chi connectivity index (χ1) is 6.88. The fourth-order valence-electron chi connectivity index (χ4n) is 2.28. The number of likely N-dealkylation sites (N-methyl/N-ethyl adjacent to an activating group) is 1. The molecular weight excluding hydrogens is 172 g/mol. The molecule has 1 heterocycles. The van der Waals surface area contributed by atoms with E-state index in [1.807, 2.05) is 0 Å². The number of nitrogens with zero attached hydrogens (tertiary/aromatic N) is 1. The van der Waals surface area contributed by atoms with Gasteiger partial charge in [0.15, 0.2) is 0 Å². The molecule has 0 spiro atoms. The highest BCUT2D eigenvalue weighted by atomic mass is 15.2. The zero-order valence-corrected chi connectivity index (χ0v) is 9.89. The van der Waals surface area contributed by atoms with Crippen molar-refractivity contribution in [3.8, 4) is 0 Å². The van der Waals surface area contributed by atoms with Gasteiger partial charge in [0, 0.05) is 12.6 Å². The molecule has 84 valence electrons. The number of hydrogen-bond acceptors (Lipinski definition) is 2. The van der Waals surface area contributed by atoms with Gasteiger partial charge in [-0.1, -0.05) is 26.7 Å². The fourth-order valence-corrected chi connectivity index (χ4v) is 2.28. The summed E-state index contributed by atoms with van der Waals surface area (Å²) < 4.78 is 0. The molecule has 1 atom stereocenters. The lowest BCUT2D eigenvalue weighted by Crippen LogP contribution is -2.45. The van der Waals surface area contributed by atoms with Crippen LogP contribution in [0.3, 0.4) is 0 Å². The van der Waals surface area contributed by atoms with E-state index >= 15 is 0 Å². The van der Waals surface area contributed by atoms with Gasteiger partial charge in [-0.3, -0.25) is 4.90 Å². The summed E-state index contributed by atoms with van der Waals surface area (Å²) in [5, 5.41) is 3.58. The van der Waals surface area contributed by atoms with E-state index in [-0.39, 0.29) is 0 Å². The predicted octanol–water partition coefficient (Wildman–Crippen LogP) is 2.25. The molecule has 0 saturated carbocycles.